The molecule has 0 atom stereocenters. The number of benzene rings is 1. The number of nitrogens with zero attached hydrogens (tertiary/aromatic N) is 1. The molecule has 0 saturated heterocycles. The highest BCUT2D eigenvalue weighted by molar-refractivity contribution is 7.92. The molecule has 0 bridgehead atoms. The van der Waals surface area contributed by atoms with Gasteiger partial charge >= 0.3 is 5.97 Å². The van der Waals surface area contributed by atoms with Crippen LogP contribution in [0.1, 0.15) is 11.3 Å². The maximum atomic E-state index is 12.2. The highest BCUT2D eigenvalue weighted by atomic mass is 32.2. The topological polar surface area (TPSA) is 112 Å². The lowest BCUT2D eigenvalue weighted by molar-refractivity contribution is -0.131. The van der Waals surface area contributed by atoms with Crippen molar-refractivity contribution >= 4 is 27.8 Å². The fraction of sp³-hybridized carbons (Fsp3) is 0.0769. The number of hydrogen-bond donors (Lipinski definition) is 3. The van der Waals surface area contributed by atoms with Crippen molar-refractivity contribution in [2.75, 3.05) is 4.72 Å². The van der Waals surface area contributed by atoms with Crippen LogP contribution >= 0.6 is 0 Å². The van der Waals surface area contributed by atoms with E-state index >= 15 is 0 Å². The summed E-state index contributed by atoms with van der Waals surface area (Å²) in [6, 6.07) is 6.40. The number of sulfonamides is 1. The van der Waals surface area contributed by atoms with Gasteiger partial charge in [0, 0.05) is 11.8 Å². The van der Waals surface area contributed by atoms with Crippen LogP contribution in [0.5, 0.6) is 0 Å². The summed E-state index contributed by atoms with van der Waals surface area (Å²) in [6.07, 6.45) is 3.59. The fourth-order valence-electron chi connectivity index (χ4n) is 1.69. The van der Waals surface area contributed by atoms with Gasteiger partial charge in [-0.1, -0.05) is 12.1 Å². The number of rotatable bonds is 5. The highest BCUT2D eigenvalue weighted by Crippen LogP contribution is 2.19. The van der Waals surface area contributed by atoms with Crippen LogP contribution in [0.25, 0.3) is 6.08 Å². The van der Waals surface area contributed by atoms with Crippen LogP contribution in [0, 0.1) is 6.92 Å². The maximum Gasteiger partial charge on any atom is 0.328 e. The summed E-state index contributed by atoms with van der Waals surface area (Å²) >= 11 is 0. The first kappa shape index (κ1) is 14.8. The molecule has 3 N–H and O–H groups in total. The van der Waals surface area contributed by atoms with Crippen molar-refractivity contribution in [3.8, 4) is 0 Å². The van der Waals surface area contributed by atoms with Gasteiger partial charge in [-0.3, -0.25) is 9.82 Å². The van der Waals surface area contributed by atoms with E-state index in [0.29, 0.717) is 16.9 Å². The smallest absolute Gasteiger partial charge is 0.328 e. The lowest BCUT2D eigenvalue weighted by Gasteiger charge is -2.07. The average Bonchev–Trinajstić information content (AvgIpc) is 2.83. The average molecular weight is 307 g/mol. The molecule has 0 unspecified atom stereocenters. The van der Waals surface area contributed by atoms with E-state index in [1.807, 2.05) is 0 Å². The van der Waals surface area contributed by atoms with Gasteiger partial charge in [0.1, 0.15) is 4.90 Å². The van der Waals surface area contributed by atoms with Gasteiger partial charge in [0.15, 0.2) is 0 Å². The lowest BCUT2D eigenvalue weighted by atomic mass is 10.2. The van der Waals surface area contributed by atoms with Gasteiger partial charge in [-0.15, -0.1) is 0 Å². The number of aliphatic carboxylic acids is 1. The van der Waals surface area contributed by atoms with Crippen molar-refractivity contribution in [2.45, 2.75) is 11.8 Å². The molecule has 0 saturated carbocycles. The SMILES string of the molecule is Cc1[nH]ncc1S(=O)(=O)Nc1cccc(C=CC(=O)O)c1. The standard InChI is InChI=1S/C13H13N3O4S/c1-9-12(8-14-15-9)21(19,20)16-11-4-2-3-10(7-11)5-6-13(17)18/h2-8,16H,1H3,(H,14,15)(H,17,18). The fourth-order valence-corrected chi connectivity index (χ4v) is 2.88. The van der Waals surface area contributed by atoms with Gasteiger partial charge in [-0.2, -0.15) is 5.10 Å². The Morgan fingerprint density at radius 2 is 2.19 bits per heavy atom. The Balaban J connectivity index is 2.26. The molecular formula is C13H13N3O4S. The normalized spacial score (nSPS) is 11.7. The van der Waals surface area contributed by atoms with E-state index in [4.69, 9.17) is 5.11 Å². The maximum absolute atomic E-state index is 12.2. The van der Waals surface area contributed by atoms with Gasteiger partial charge in [0.25, 0.3) is 10.0 Å². The number of aromatic nitrogens is 2. The van der Waals surface area contributed by atoms with Crippen LogP contribution in [0.15, 0.2) is 41.4 Å². The third-order valence-corrected chi connectivity index (χ3v) is 4.13. The Morgan fingerprint density at radius 1 is 1.43 bits per heavy atom. The van der Waals surface area contributed by atoms with Crippen LogP contribution in [0.3, 0.4) is 0 Å². The van der Waals surface area contributed by atoms with E-state index in [9.17, 15) is 13.2 Å². The van der Waals surface area contributed by atoms with Crippen molar-refractivity contribution in [1.29, 1.82) is 0 Å². The number of H-pyrrole nitrogens is 1. The molecule has 21 heavy (non-hydrogen) atoms. The summed E-state index contributed by atoms with van der Waals surface area (Å²) in [5, 5.41) is 14.8. The molecule has 0 fully saturated rings. The van der Waals surface area contributed by atoms with Crippen LogP contribution in [-0.2, 0) is 14.8 Å². The number of aryl methyl sites for hydroxylation is 1. The van der Waals surface area contributed by atoms with Crippen molar-refractivity contribution in [3.05, 3.63) is 47.8 Å². The second-order valence-electron chi connectivity index (χ2n) is 4.26. The van der Waals surface area contributed by atoms with Gasteiger partial charge in [-0.25, -0.2) is 13.2 Å². The van der Waals surface area contributed by atoms with Gasteiger partial charge in [0.05, 0.1) is 11.9 Å². The minimum absolute atomic E-state index is 0.0639. The van der Waals surface area contributed by atoms with E-state index in [2.05, 4.69) is 14.9 Å². The molecule has 8 heteroatoms. The first-order valence-corrected chi connectivity index (χ1v) is 7.41. The van der Waals surface area contributed by atoms with Crippen LogP contribution in [0.2, 0.25) is 0 Å². The lowest BCUT2D eigenvalue weighted by Crippen LogP contribution is -2.13. The zero-order chi connectivity index (χ0) is 15.5. The van der Waals surface area contributed by atoms with E-state index in [-0.39, 0.29) is 4.90 Å². The monoisotopic (exact) mass is 307 g/mol. The van der Waals surface area contributed by atoms with Crippen molar-refractivity contribution in [3.63, 3.8) is 0 Å². The molecule has 0 spiro atoms. The Kier molecular flexibility index (Phi) is 4.08. The van der Waals surface area contributed by atoms with Crippen LogP contribution in [-0.4, -0.2) is 29.7 Å². The third kappa shape index (κ3) is 3.69. The largest absolute Gasteiger partial charge is 0.478 e. The van der Waals surface area contributed by atoms with E-state index < -0.39 is 16.0 Å². The highest BCUT2D eigenvalue weighted by Gasteiger charge is 2.18. The second-order valence-corrected chi connectivity index (χ2v) is 5.91. The summed E-state index contributed by atoms with van der Waals surface area (Å²) in [5.41, 5.74) is 1.34. The zero-order valence-electron chi connectivity index (χ0n) is 11.1. The summed E-state index contributed by atoms with van der Waals surface area (Å²) in [6.45, 7) is 1.60. The molecule has 1 aromatic heterocycles. The zero-order valence-corrected chi connectivity index (χ0v) is 11.9. The van der Waals surface area contributed by atoms with E-state index in [1.165, 1.54) is 18.3 Å². The molecule has 0 aliphatic rings. The molecule has 1 aromatic carbocycles. The van der Waals surface area contributed by atoms with Gasteiger partial charge < -0.3 is 5.11 Å². The van der Waals surface area contributed by atoms with Crippen LogP contribution < -0.4 is 4.72 Å². The first-order valence-electron chi connectivity index (χ1n) is 5.92. The molecular weight excluding hydrogens is 294 g/mol. The Labute approximate surface area is 121 Å². The number of carboxylic acid groups (broad SMARTS) is 1. The Bertz CT molecular complexity index is 793. The minimum atomic E-state index is -3.73. The van der Waals surface area contributed by atoms with E-state index in [0.717, 1.165) is 6.08 Å². The number of nitrogens with one attached hydrogen (secondary N) is 2. The minimum Gasteiger partial charge on any atom is -0.478 e. The number of aromatic amines is 1. The second kappa shape index (κ2) is 5.80. The van der Waals surface area contributed by atoms with Gasteiger partial charge in [-0.05, 0) is 30.7 Å². The predicted octanol–water partition coefficient (Wildman–Crippen LogP) is 1.62. The predicted molar refractivity (Wildman–Crippen MR) is 77.2 cm³/mol. The molecule has 0 amide bonds. The molecule has 7 nitrogen and oxygen atoms in total. The Morgan fingerprint density at radius 3 is 2.81 bits per heavy atom. The van der Waals surface area contributed by atoms with Crippen molar-refractivity contribution in [1.82, 2.24) is 10.2 Å². The molecule has 0 aliphatic heterocycles. The number of hydrogen-bond acceptors (Lipinski definition) is 4. The third-order valence-electron chi connectivity index (χ3n) is 2.63. The summed E-state index contributed by atoms with van der Waals surface area (Å²) in [5.74, 6) is -1.07. The molecule has 110 valence electrons. The summed E-state index contributed by atoms with van der Waals surface area (Å²) in [4.78, 5) is 10.5. The first-order chi connectivity index (χ1) is 9.88. The van der Waals surface area contributed by atoms with Gasteiger partial charge in [0.2, 0.25) is 0 Å². The molecule has 2 rings (SSSR count). The summed E-state index contributed by atoms with van der Waals surface area (Å²) in [7, 11) is -3.73. The quantitative estimate of drug-likeness (QED) is 0.727. The Hall–Kier alpha value is -2.61. The number of anilines is 1. The molecule has 1 heterocycles. The van der Waals surface area contributed by atoms with Crippen molar-refractivity contribution < 1.29 is 18.3 Å². The number of carbonyl (C=O) groups is 1. The number of carboxylic acids is 1. The van der Waals surface area contributed by atoms with Crippen molar-refractivity contribution in [2.24, 2.45) is 0 Å². The van der Waals surface area contributed by atoms with E-state index in [1.54, 1.807) is 25.1 Å². The molecule has 0 radical (unpaired) electrons. The van der Waals surface area contributed by atoms with Crippen LogP contribution in [0.4, 0.5) is 5.69 Å². The molecule has 0 aliphatic carbocycles. The molecule has 2 aromatic rings. The summed E-state index contributed by atoms with van der Waals surface area (Å²) < 4.78 is 26.8.